The zero-order valence-electron chi connectivity index (χ0n) is 15.4. The normalized spacial score (nSPS) is 25.9. The van der Waals surface area contributed by atoms with Crippen molar-refractivity contribution < 1.29 is 9.53 Å². The number of carbonyl (C=O) groups excluding carboxylic acids is 1. The van der Waals surface area contributed by atoms with E-state index in [0.29, 0.717) is 17.8 Å². The first-order chi connectivity index (χ1) is 13.2. The fraction of sp³-hybridized carbons (Fsp3) is 0.550. The van der Waals surface area contributed by atoms with Crippen molar-refractivity contribution in [1.29, 1.82) is 0 Å². The predicted octanol–water partition coefficient (Wildman–Crippen LogP) is 1.93. The van der Waals surface area contributed by atoms with Gasteiger partial charge in [0.05, 0.1) is 5.39 Å². The first kappa shape index (κ1) is 16.7. The molecule has 3 saturated heterocycles. The highest BCUT2D eigenvalue weighted by Gasteiger charge is 2.42. The Bertz CT molecular complexity index is 858. The van der Waals surface area contributed by atoms with Gasteiger partial charge in [-0.25, -0.2) is 9.97 Å². The van der Waals surface area contributed by atoms with Gasteiger partial charge in [-0.2, -0.15) is 0 Å². The van der Waals surface area contributed by atoms with E-state index in [0.717, 1.165) is 63.7 Å². The summed E-state index contributed by atoms with van der Waals surface area (Å²) in [5.41, 5.74) is 2.24. The Morgan fingerprint density at radius 3 is 2.63 bits per heavy atom. The van der Waals surface area contributed by atoms with E-state index in [1.54, 1.807) is 6.33 Å². The minimum atomic E-state index is 0.0489. The largest absolute Gasteiger partial charge is 0.381 e. The van der Waals surface area contributed by atoms with Gasteiger partial charge in [-0.3, -0.25) is 4.79 Å². The smallest absolute Gasteiger partial charge is 0.245 e. The molecule has 0 radical (unpaired) electrons. The van der Waals surface area contributed by atoms with Crippen molar-refractivity contribution in [2.45, 2.75) is 18.8 Å². The molecule has 0 saturated carbocycles. The molecule has 5 heterocycles. The van der Waals surface area contributed by atoms with Crippen LogP contribution in [0.3, 0.4) is 0 Å². The lowest BCUT2D eigenvalue weighted by Crippen LogP contribution is -2.32. The SMILES string of the molecule is C=CC(=O)N1C[C@@H]2CN(c3ncnc4[nH]cc(C5CCOCC5)c34)C[C@@H]2C1. The van der Waals surface area contributed by atoms with Crippen LogP contribution in [-0.4, -0.2) is 65.2 Å². The Morgan fingerprint density at radius 1 is 1.19 bits per heavy atom. The molecule has 27 heavy (non-hydrogen) atoms. The van der Waals surface area contributed by atoms with Crippen LogP contribution in [0, 0.1) is 11.8 Å². The molecule has 1 N–H and O–H groups in total. The van der Waals surface area contributed by atoms with E-state index < -0.39 is 0 Å². The fourth-order valence-electron chi connectivity index (χ4n) is 5.02. The summed E-state index contributed by atoms with van der Waals surface area (Å²) in [6.07, 6.45) is 7.28. The van der Waals surface area contributed by atoms with Crippen molar-refractivity contribution in [3.8, 4) is 0 Å². The number of likely N-dealkylation sites (tertiary alicyclic amines) is 1. The van der Waals surface area contributed by atoms with Crippen LogP contribution in [0.4, 0.5) is 5.82 Å². The van der Waals surface area contributed by atoms with Gasteiger partial charge in [-0.05, 0) is 30.4 Å². The third-order valence-electron chi connectivity index (χ3n) is 6.41. The average molecular weight is 367 g/mol. The minimum absolute atomic E-state index is 0.0489. The zero-order valence-corrected chi connectivity index (χ0v) is 15.4. The molecule has 3 aliphatic rings. The number of fused-ring (bicyclic) bond motifs is 2. The standard InChI is InChI=1S/C20H25N5O2/c1-2-17(26)24-8-14-10-25(11-15(14)9-24)20-18-16(13-3-5-27-6-4-13)7-21-19(18)22-12-23-20/h2,7,12-15H,1,3-6,8-11H2,(H,21,22,23)/t14-,15+. The predicted molar refractivity (Wildman–Crippen MR) is 103 cm³/mol. The van der Waals surface area contributed by atoms with Gasteiger partial charge in [0.1, 0.15) is 17.8 Å². The summed E-state index contributed by atoms with van der Waals surface area (Å²) < 4.78 is 5.54. The van der Waals surface area contributed by atoms with E-state index in [9.17, 15) is 4.79 Å². The Hall–Kier alpha value is -2.41. The molecular formula is C20H25N5O2. The van der Waals surface area contributed by atoms with E-state index in [-0.39, 0.29) is 5.91 Å². The van der Waals surface area contributed by atoms with Crippen molar-refractivity contribution in [2.75, 3.05) is 44.3 Å². The number of ether oxygens (including phenoxy) is 1. The Kier molecular flexibility index (Phi) is 4.11. The summed E-state index contributed by atoms with van der Waals surface area (Å²) >= 11 is 0. The number of aromatic amines is 1. The van der Waals surface area contributed by atoms with Crippen LogP contribution in [0.5, 0.6) is 0 Å². The van der Waals surface area contributed by atoms with Gasteiger partial charge >= 0.3 is 0 Å². The number of rotatable bonds is 3. The summed E-state index contributed by atoms with van der Waals surface area (Å²) in [5, 5.41) is 1.17. The molecule has 2 atom stereocenters. The number of amides is 1. The number of carbonyl (C=O) groups is 1. The van der Waals surface area contributed by atoms with Crippen molar-refractivity contribution in [1.82, 2.24) is 19.9 Å². The molecule has 5 rings (SSSR count). The summed E-state index contributed by atoms with van der Waals surface area (Å²) in [4.78, 5) is 28.7. The average Bonchev–Trinajstić information content (AvgIpc) is 3.40. The topological polar surface area (TPSA) is 74.4 Å². The lowest BCUT2D eigenvalue weighted by molar-refractivity contribution is -0.125. The van der Waals surface area contributed by atoms with Crippen LogP contribution in [0.25, 0.3) is 11.0 Å². The van der Waals surface area contributed by atoms with Crippen LogP contribution in [-0.2, 0) is 9.53 Å². The van der Waals surface area contributed by atoms with Gasteiger partial charge in [0.2, 0.25) is 5.91 Å². The molecule has 3 aliphatic heterocycles. The van der Waals surface area contributed by atoms with Gasteiger partial charge in [0.25, 0.3) is 0 Å². The summed E-state index contributed by atoms with van der Waals surface area (Å²) in [5.74, 6) is 2.60. The molecule has 0 bridgehead atoms. The second kappa shape index (κ2) is 6.64. The molecule has 0 aromatic carbocycles. The van der Waals surface area contributed by atoms with Gasteiger partial charge in [-0.1, -0.05) is 6.58 Å². The summed E-state index contributed by atoms with van der Waals surface area (Å²) in [6.45, 7) is 8.78. The highest BCUT2D eigenvalue weighted by Crippen LogP contribution is 2.39. The minimum Gasteiger partial charge on any atom is -0.381 e. The van der Waals surface area contributed by atoms with Gasteiger partial charge in [0, 0.05) is 57.4 Å². The molecule has 0 aliphatic carbocycles. The van der Waals surface area contributed by atoms with Gasteiger partial charge < -0.3 is 19.5 Å². The number of nitrogens with one attached hydrogen (secondary N) is 1. The van der Waals surface area contributed by atoms with Gasteiger partial charge in [0.15, 0.2) is 0 Å². The molecule has 0 unspecified atom stereocenters. The maximum atomic E-state index is 11.9. The van der Waals surface area contributed by atoms with Crippen LogP contribution >= 0.6 is 0 Å². The summed E-state index contributed by atoms with van der Waals surface area (Å²) in [6, 6.07) is 0. The number of nitrogens with zero attached hydrogens (tertiary/aromatic N) is 4. The van der Waals surface area contributed by atoms with Crippen molar-refractivity contribution >= 4 is 22.8 Å². The Morgan fingerprint density at radius 2 is 1.93 bits per heavy atom. The molecule has 3 fully saturated rings. The lowest BCUT2D eigenvalue weighted by Gasteiger charge is -2.25. The van der Waals surface area contributed by atoms with E-state index in [1.165, 1.54) is 17.0 Å². The van der Waals surface area contributed by atoms with Crippen molar-refractivity contribution in [3.05, 3.63) is 30.7 Å². The monoisotopic (exact) mass is 367 g/mol. The van der Waals surface area contributed by atoms with Crippen molar-refractivity contribution in [2.24, 2.45) is 11.8 Å². The third-order valence-corrected chi connectivity index (χ3v) is 6.41. The van der Waals surface area contributed by atoms with E-state index in [2.05, 4.69) is 32.6 Å². The molecule has 2 aromatic heterocycles. The molecule has 1 amide bonds. The van der Waals surface area contributed by atoms with Gasteiger partial charge in [-0.15, -0.1) is 0 Å². The fourth-order valence-corrected chi connectivity index (χ4v) is 5.02. The molecule has 0 spiro atoms. The van der Waals surface area contributed by atoms with E-state index in [4.69, 9.17) is 4.74 Å². The van der Waals surface area contributed by atoms with Crippen LogP contribution in [0.2, 0.25) is 0 Å². The highest BCUT2D eigenvalue weighted by atomic mass is 16.5. The van der Waals surface area contributed by atoms with Crippen LogP contribution in [0.1, 0.15) is 24.3 Å². The summed E-state index contributed by atoms with van der Waals surface area (Å²) in [7, 11) is 0. The first-order valence-electron chi connectivity index (χ1n) is 9.80. The quantitative estimate of drug-likeness (QED) is 0.839. The maximum Gasteiger partial charge on any atom is 0.245 e. The second-order valence-corrected chi connectivity index (χ2v) is 7.92. The second-order valence-electron chi connectivity index (χ2n) is 7.92. The maximum absolute atomic E-state index is 11.9. The first-order valence-corrected chi connectivity index (χ1v) is 9.80. The zero-order chi connectivity index (χ0) is 18.4. The van der Waals surface area contributed by atoms with Crippen LogP contribution in [0.15, 0.2) is 25.2 Å². The molecular weight excluding hydrogens is 342 g/mol. The van der Waals surface area contributed by atoms with Crippen molar-refractivity contribution in [3.63, 3.8) is 0 Å². The lowest BCUT2D eigenvalue weighted by atomic mass is 9.92. The Labute approximate surface area is 158 Å². The Balaban J connectivity index is 1.42. The molecule has 2 aromatic rings. The number of H-pyrrole nitrogens is 1. The van der Waals surface area contributed by atoms with E-state index in [1.807, 2.05) is 4.90 Å². The number of hydrogen-bond acceptors (Lipinski definition) is 5. The highest BCUT2D eigenvalue weighted by molar-refractivity contribution is 5.91. The molecule has 7 heteroatoms. The number of aromatic nitrogens is 3. The molecule has 142 valence electrons. The van der Waals surface area contributed by atoms with Crippen LogP contribution < -0.4 is 4.90 Å². The van der Waals surface area contributed by atoms with E-state index >= 15 is 0 Å². The molecule has 7 nitrogen and oxygen atoms in total. The number of hydrogen-bond donors (Lipinski definition) is 1. The number of anilines is 1. The third kappa shape index (κ3) is 2.81.